The molecule has 1 amide bonds. The van der Waals surface area contributed by atoms with Crippen LogP contribution < -0.4 is 0 Å². The quantitative estimate of drug-likeness (QED) is 0.485. The van der Waals surface area contributed by atoms with Crippen LogP contribution in [0.25, 0.3) is 0 Å². The predicted molar refractivity (Wildman–Crippen MR) is 77.0 cm³/mol. The number of benzene rings is 1. The van der Waals surface area contributed by atoms with Gasteiger partial charge in [0.15, 0.2) is 0 Å². The van der Waals surface area contributed by atoms with Gasteiger partial charge in [0.05, 0.1) is 11.0 Å². The lowest BCUT2D eigenvalue weighted by molar-refractivity contribution is -0.384. The molecule has 1 aliphatic carbocycles. The Balaban J connectivity index is 2.26. The van der Waals surface area contributed by atoms with Crippen LogP contribution in [0.4, 0.5) is 5.69 Å². The standard InChI is InChI=1S/C14H14ClN3O3/c15-12-9-10(5-6-13(12)18(20)21)14(19)17(8-7-16)11-3-1-2-4-11/h5-6,9,11H,1-4,8H2. The fourth-order valence-electron chi connectivity index (χ4n) is 2.61. The number of nitro groups is 1. The van der Waals surface area contributed by atoms with Crippen LogP contribution in [0.1, 0.15) is 36.0 Å². The highest BCUT2D eigenvalue weighted by atomic mass is 35.5. The molecule has 0 atom stereocenters. The molecule has 0 radical (unpaired) electrons. The van der Waals surface area contributed by atoms with Crippen molar-refractivity contribution in [2.45, 2.75) is 31.7 Å². The van der Waals surface area contributed by atoms with E-state index in [-0.39, 0.29) is 34.8 Å². The summed E-state index contributed by atoms with van der Waals surface area (Å²) in [4.78, 5) is 24.2. The van der Waals surface area contributed by atoms with E-state index >= 15 is 0 Å². The third-order valence-electron chi connectivity index (χ3n) is 3.66. The molecule has 0 heterocycles. The van der Waals surface area contributed by atoms with Gasteiger partial charge in [-0.1, -0.05) is 24.4 Å². The van der Waals surface area contributed by atoms with Crippen LogP contribution in [0.2, 0.25) is 5.02 Å². The summed E-state index contributed by atoms with van der Waals surface area (Å²) in [6.45, 7) is 0.0120. The van der Waals surface area contributed by atoms with Crippen molar-refractivity contribution in [1.29, 1.82) is 5.26 Å². The van der Waals surface area contributed by atoms with Crippen LogP contribution in [0.3, 0.4) is 0 Å². The van der Waals surface area contributed by atoms with Gasteiger partial charge in [0.2, 0.25) is 0 Å². The summed E-state index contributed by atoms with van der Waals surface area (Å²) in [5.74, 6) is -0.305. The Morgan fingerprint density at radius 3 is 2.67 bits per heavy atom. The molecule has 6 nitrogen and oxygen atoms in total. The van der Waals surface area contributed by atoms with Gasteiger partial charge in [-0.05, 0) is 25.0 Å². The first-order chi connectivity index (χ1) is 10.0. The Hall–Kier alpha value is -2.13. The molecule has 7 heteroatoms. The highest BCUT2D eigenvalue weighted by Gasteiger charge is 2.28. The van der Waals surface area contributed by atoms with Crippen molar-refractivity contribution >= 4 is 23.2 Å². The Bertz CT molecular complexity index is 606. The van der Waals surface area contributed by atoms with Crippen LogP contribution in [-0.4, -0.2) is 28.3 Å². The molecule has 1 saturated carbocycles. The topological polar surface area (TPSA) is 87.2 Å². The van der Waals surface area contributed by atoms with Crippen molar-refractivity contribution in [3.05, 3.63) is 38.9 Å². The minimum atomic E-state index is -0.597. The average molecular weight is 308 g/mol. The highest BCUT2D eigenvalue weighted by molar-refractivity contribution is 6.33. The van der Waals surface area contributed by atoms with Crippen LogP contribution in [0.15, 0.2) is 18.2 Å². The van der Waals surface area contributed by atoms with Crippen LogP contribution in [0, 0.1) is 21.4 Å². The van der Waals surface area contributed by atoms with Crippen molar-refractivity contribution in [3.8, 4) is 6.07 Å². The Kier molecular flexibility index (Phi) is 4.76. The molecular weight excluding hydrogens is 294 g/mol. The molecule has 0 unspecified atom stereocenters. The molecular formula is C14H14ClN3O3. The van der Waals surface area contributed by atoms with Crippen molar-refractivity contribution in [3.63, 3.8) is 0 Å². The van der Waals surface area contributed by atoms with Crippen molar-refractivity contribution in [1.82, 2.24) is 4.90 Å². The highest BCUT2D eigenvalue weighted by Crippen LogP contribution is 2.28. The number of carbonyl (C=O) groups excluding carboxylic acids is 1. The maximum absolute atomic E-state index is 12.5. The zero-order valence-corrected chi connectivity index (χ0v) is 12.0. The molecule has 1 aromatic rings. The van der Waals surface area contributed by atoms with Gasteiger partial charge in [-0.15, -0.1) is 0 Å². The van der Waals surface area contributed by atoms with Crippen LogP contribution >= 0.6 is 11.6 Å². The lowest BCUT2D eigenvalue weighted by atomic mass is 10.1. The second-order valence-electron chi connectivity index (χ2n) is 4.95. The van der Waals surface area contributed by atoms with E-state index in [1.165, 1.54) is 23.1 Å². The summed E-state index contributed by atoms with van der Waals surface area (Å²) in [5, 5.41) is 19.6. The first-order valence-electron chi connectivity index (χ1n) is 6.66. The van der Waals surface area contributed by atoms with Gasteiger partial charge in [0, 0.05) is 17.7 Å². The van der Waals surface area contributed by atoms with Crippen LogP contribution in [-0.2, 0) is 0 Å². The molecule has 1 aliphatic rings. The number of carbonyl (C=O) groups is 1. The molecule has 1 aromatic carbocycles. The maximum Gasteiger partial charge on any atom is 0.287 e. The van der Waals surface area contributed by atoms with Gasteiger partial charge in [-0.3, -0.25) is 14.9 Å². The summed E-state index contributed by atoms with van der Waals surface area (Å²) in [6, 6.07) is 5.96. The molecule has 1 fully saturated rings. The summed E-state index contributed by atoms with van der Waals surface area (Å²) in [6.07, 6.45) is 3.85. The second kappa shape index (κ2) is 6.55. The molecule has 0 bridgehead atoms. The molecule has 0 aromatic heterocycles. The molecule has 21 heavy (non-hydrogen) atoms. The number of rotatable bonds is 4. The van der Waals surface area contributed by atoms with E-state index in [0.717, 1.165) is 25.7 Å². The number of nitriles is 1. The first kappa shape index (κ1) is 15.3. The normalized spacial score (nSPS) is 14.7. The number of nitro benzene ring substituents is 1. The van der Waals surface area contributed by atoms with Crippen molar-refractivity contribution in [2.24, 2.45) is 0 Å². The minimum absolute atomic E-state index is 0.0120. The predicted octanol–water partition coefficient (Wildman–Crippen LogP) is 3.16. The van der Waals surface area contributed by atoms with E-state index in [2.05, 4.69) is 0 Å². The molecule has 110 valence electrons. The van der Waals surface area contributed by atoms with Crippen molar-refractivity contribution < 1.29 is 9.72 Å². The lowest BCUT2D eigenvalue weighted by Gasteiger charge is -2.26. The van der Waals surface area contributed by atoms with Crippen molar-refractivity contribution in [2.75, 3.05) is 6.54 Å². The average Bonchev–Trinajstić information content (AvgIpc) is 2.97. The van der Waals surface area contributed by atoms with E-state index in [0.29, 0.717) is 0 Å². The van der Waals surface area contributed by atoms with E-state index in [9.17, 15) is 14.9 Å². The van der Waals surface area contributed by atoms with Gasteiger partial charge in [0.25, 0.3) is 11.6 Å². The van der Waals surface area contributed by atoms with Gasteiger partial charge in [-0.2, -0.15) is 5.26 Å². The zero-order chi connectivity index (χ0) is 15.4. The number of halogens is 1. The SMILES string of the molecule is N#CCN(C(=O)c1ccc([N+](=O)[O-])c(Cl)c1)C1CCCC1. The van der Waals surface area contributed by atoms with Gasteiger partial charge in [0.1, 0.15) is 11.6 Å². The third-order valence-corrected chi connectivity index (χ3v) is 3.96. The Morgan fingerprint density at radius 1 is 1.48 bits per heavy atom. The number of amides is 1. The monoisotopic (exact) mass is 307 g/mol. The molecule has 0 saturated heterocycles. The van der Waals surface area contributed by atoms with Crippen LogP contribution in [0.5, 0.6) is 0 Å². The lowest BCUT2D eigenvalue weighted by Crippen LogP contribution is -2.39. The third kappa shape index (κ3) is 3.31. The molecule has 2 rings (SSSR count). The molecule has 0 spiro atoms. The molecule has 0 N–H and O–H groups in total. The zero-order valence-electron chi connectivity index (χ0n) is 11.3. The summed E-state index contributed by atoms with van der Waals surface area (Å²) < 4.78 is 0. The van der Waals surface area contributed by atoms with E-state index in [1.807, 2.05) is 6.07 Å². The number of nitrogens with zero attached hydrogens (tertiary/aromatic N) is 3. The first-order valence-corrected chi connectivity index (χ1v) is 7.04. The fourth-order valence-corrected chi connectivity index (χ4v) is 2.86. The van der Waals surface area contributed by atoms with E-state index in [4.69, 9.17) is 16.9 Å². The summed E-state index contributed by atoms with van der Waals surface area (Å²) in [5.41, 5.74) is 0.0358. The Labute approximate surface area is 127 Å². The smallest absolute Gasteiger partial charge is 0.287 e. The second-order valence-corrected chi connectivity index (χ2v) is 5.36. The number of hydrogen-bond acceptors (Lipinski definition) is 4. The van der Waals surface area contributed by atoms with E-state index in [1.54, 1.807) is 0 Å². The number of hydrogen-bond donors (Lipinski definition) is 0. The maximum atomic E-state index is 12.5. The summed E-state index contributed by atoms with van der Waals surface area (Å²) in [7, 11) is 0. The fraction of sp³-hybridized carbons (Fsp3) is 0.429. The summed E-state index contributed by atoms with van der Waals surface area (Å²) >= 11 is 5.83. The Morgan fingerprint density at radius 2 is 2.14 bits per heavy atom. The largest absolute Gasteiger partial charge is 0.322 e. The van der Waals surface area contributed by atoms with Gasteiger partial charge >= 0.3 is 0 Å². The molecule has 0 aliphatic heterocycles. The minimum Gasteiger partial charge on any atom is -0.322 e. The van der Waals surface area contributed by atoms with Gasteiger partial charge < -0.3 is 4.90 Å². The van der Waals surface area contributed by atoms with Gasteiger partial charge in [-0.25, -0.2) is 0 Å². The van der Waals surface area contributed by atoms with E-state index < -0.39 is 4.92 Å².